The van der Waals surface area contributed by atoms with Gasteiger partial charge in [0, 0.05) is 10.2 Å². The number of carbonyl (C=O) groups is 2. The largest absolute Gasteiger partial charge is 0.507 e. The highest BCUT2D eigenvalue weighted by Crippen LogP contribution is 2.23. The minimum absolute atomic E-state index is 0.267. The molecule has 21 heavy (non-hydrogen) atoms. The number of phenols is 1. The van der Waals surface area contributed by atoms with Crippen LogP contribution in [0.4, 0.5) is 5.69 Å². The first-order valence-corrected chi connectivity index (χ1v) is 6.81. The van der Waals surface area contributed by atoms with Crippen molar-refractivity contribution in [3.8, 4) is 5.75 Å². The van der Waals surface area contributed by atoms with E-state index >= 15 is 0 Å². The van der Waals surface area contributed by atoms with Gasteiger partial charge in [0.25, 0.3) is 5.91 Å². The van der Waals surface area contributed by atoms with Crippen molar-refractivity contribution in [3.63, 3.8) is 0 Å². The first-order chi connectivity index (χ1) is 9.88. The summed E-state index contributed by atoms with van der Waals surface area (Å²) in [5.41, 5.74) is 1.40. The van der Waals surface area contributed by atoms with Gasteiger partial charge in [-0.15, -0.1) is 0 Å². The van der Waals surface area contributed by atoms with E-state index in [2.05, 4.69) is 21.2 Å². The Labute approximate surface area is 129 Å². The predicted octanol–water partition coefficient (Wildman–Crippen LogP) is 3.41. The molecule has 2 rings (SSSR count). The molecule has 0 aliphatic rings. The molecule has 0 aliphatic heterocycles. The number of anilines is 1. The van der Waals surface area contributed by atoms with Gasteiger partial charge >= 0.3 is 5.97 Å². The summed E-state index contributed by atoms with van der Waals surface area (Å²) < 4.78 is 0.642. The van der Waals surface area contributed by atoms with E-state index in [0.29, 0.717) is 15.7 Å². The molecule has 0 bridgehead atoms. The van der Waals surface area contributed by atoms with Crippen molar-refractivity contribution in [2.24, 2.45) is 0 Å². The number of carbonyl (C=O) groups excluding carboxylic acids is 1. The average molecular weight is 350 g/mol. The molecule has 108 valence electrons. The third-order valence-electron chi connectivity index (χ3n) is 2.85. The van der Waals surface area contributed by atoms with E-state index in [1.807, 2.05) is 13.0 Å². The molecule has 0 atom stereocenters. The summed E-state index contributed by atoms with van der Waals surface area (Å²) in [5, 5.41) is 21.0. The van der Waals surface area contributed by atoms with Crippen LogP contribution >= 0.6 is 15.9 Å². The van der Waals surface area contributed by atoms with Gasteiger partial charge in [0.05, 0.1) is 5.56 Å². The van der Waals surface area contributed by atoms with E-state index in [-0.39, 0.29) is 17.2 Å². The lowest BCUT2D eigenvalue weighted by molar-refractivity contribution is 0.0693. The van der Waals surface area contributed by atoms with Crippen LogP contribution in [0.25, 0.3) is 0 Å². The summed E-state index contributed by atoms with van der Waals surface area (Å²) in [7, 11) is 0. The fraction of sp³-hybridized carbons (Fsp3) is 0.0667. The van der Waals surface area contributed by atoms with Gasteiger partial charge in [0.2, 0.25) is 0 Å². The van der Waals surface area contributed by atoms with Crippen LogP contribution in [0.2, 0.25) is 0 Å². The highest BCUT2D eigenvalue weighted by atomic mass is 79.9. The minimum Gasteiger partial charge on any atom is -0.507 e. The van der Waals surface area contributed by atoms with Gasteiger partial charge in [0.15, 0.2) is 0 Å². The quantitative estimate of drug-likeness (QED) is 0.741. The first kappa shape index (κ1) is 15.1. The zero-order valence-corrected chi connectivity index (χ0v) is 12.6. The fourth-order valence-corrected chi connectivity index (χ4v) is 2.22. The molecular weight excluding hydrogens is 338 g/mol. The normalized spacial score (nSPS) is 10.2. The molecule has 0 radical (unpaired) electrons. The van der Waals surface area contributed by atoms with Crippen LogP contribution in [0.15, 0.2) is 40.9 Å². The highest BCUT2D eigenvalue weighted by Gasteiger charge is 2.14. The van der Waals surface area contributed by atoms with Crippen LogP contribution in [-0.2, 0) is 0 Å². The Balaban J connectivity index is 2.29. The summed E-state index contributed by atoms with van der Waals surface area (Å²) >= 11 is 3.30. The van der Waals surface area contributed by atoms with Gasteiger partial charge < -0.3 is 15.5 Å². The molecule has 0 heterocycles. The Kier molecular flexibility index (Phi) is 4.28. The molecule has 0 saturated carbocycles. The van der Waals surface area contributed by atoms with E-state index in [1.165, 1.54) is 18.2 Å². The molecule has 0 saturated heterocycles. The van der Waals surface area contributed by atoms with Gasteiger partial charge in [-0.3, -0.25) is 4.79 Å². The number of carboxylic acids is 1. The molecule has 0 aromatic heterocycles. The fourth-order valence-electron chi connectivity index (χ4n) is 1.80. The molecule has 3 N–H and O–H groups in total. The molecule has 1 amide bonds. The minimum atomic E-state index is -1.26. The van der Waals surface area contributed by atoms with E-state index in [4.69, 9.17) is 5.11 Å². The van der Waals surface area contributed by atoms with Crippen molar-refractivity contribution in [1.82, 2.24) is 0 Å². The van der Waals surface area contributed by atoms with E-state index in [1.54, 1.807) is 12.1 Å². The molecule has 5 nitrogen and oxygen atoms in total. The third-order valence-corrected chi connectivity index (χ3v) is 3.54. The number of rotatable bonds is 3. The van der Waals surface area contributed by atoms with E-state index in [0.717, 1.165) is 5.56 Å². The Bertz CT molecular complexity index is 728. The zero-order valence-electron chi connectivity index (χ0n) is 11.1. The molecule has 0 fully saturated rings. The molecule has 2 aromatic rings. The summed E-state index contributed by atoms with van der Waals surface area (Å²) in [6, 6.07) is 9.22. The zero-order chi connectivity index (χ0) is 15.6. The summed E-state index contributed by atoms with van der Waals surface area (Å²) in [6.07, 6.45) is 0. The van der Waals surface area contributed by atoms with Gasteiger partial charge in [-0.1, -0.05) is 11.6 Å². The van der Waals surface area contributed by atoms with Crippen LogP contribution in [0.1, 0.15) is 26.3 Å². The van der Waals surface area contributed by atoms with Crippen molar-refractivity contribution in [3.05, 3.63) is 57.6 Å². The monoisotopic (exact) mass is 349 g/mol. The molecular formula is C15H12BrNO4. The maximum atomic E-state index is 12.2. The van der Waals surface area contributed by atoms with Gasteiger partial charge in [-0.25, -0.2) is 4.79 Å². The summed E-state index contributed by atoms with van der Waals surface area (Å²) in [6.45, 7) is 1.87. The number of aromatic hydroxyl groups is 1. The summed E-state index contributed by atoms with van der Waals surface area (Å²) in [5.74, 6) is -1.98. The van der Waals surface area contributed by atoms with Crippen LogP contribution in [0.5, 0.6) is 5.75 Å². The lowest BCUT2D eigenvalue weighted by atomic mass is 10.1. The molecule has 0 unspecified atom stereocenters. The van der Waals surface area contributed by atoms with Crippen LogP contribution in [0, 0.1) is 6.92 Å². The number of nitrogens with one attached hydrogen (secondary N) is 1. The maximum absolute atomic E-state index is 12.2. The number of halogens is 1. The summed E-state index contributed by atoms with van der Waals surface area (Å²) in [4.78, 5) is 23.2. The number of aryl methyl sites for hydroxylation is 1. The SMILES string of the molecule is Cc1ccc(Br)c(C(=O)Nc2ccc(O)c(C(=O)O)c2)c1. The maximum Gasteiger partial charge on any atom is 0.339 e. The lowest BCUT2D eigenvalue weighted by Crippen LogP contribution is -2.13. The molecule has 0 spiro atoms. The predicted molar refractivity (Wildman–Crippen MR) is 81.9 cm³/mol. The second-order valence-corrected chi connectivity index (χ2v) is 5.33. The average Bonchev–Trinajstić information content (AvgIpc) is 2.43. The Morgan fingerprint density at radius 2 is 1.81 bits per heavy atom. The van der Waals surface area contributed by atoms with Crippen LogP contribution in [0.3, 0.4) is 0 Å². The van der Waals surface area contributed by atoms with Gasteiger partial charge in [-0.2, -0.15) is 0 Å². The number of hydrogen-bond donors (Lipinski definition) is 3. The van der Waals surface area contributed by atoms with Gasteiger partial charge in [0.1, 0.15) is 11.3 Å². The van der Waals surface area contributed by atoms with E-state index in [9.17, 15) is 14.7 Å². The smallest absolute Gasteiger partial charge is 0.339 e. The van der Waals surface area contributed by atoms with Crippen LogP contribution < -0.4 is 5.32 Å². The van der Waals surface area contributed by atoms with Crippen molar-refractivity contribution >= 4 is 33.5 Å². The van der Waals surface area contributed by atoms with Gasteiger partial charge in [-0.05, 0) is 53.2 Å². The van der Waals surface area contributed by atoms with Crippen molar-refractivity contribution in [2.45, 2.75) is 6.92 Å². The number of hydrogen-bond acceptors (Lipinski definition) is 3. The second kappa shape index (κ2) is 5.97. The topological polar surface area (TPSA) is 86.6 Å². The number of aromatic carboxylic acids is 1. The Morgan fingerprint density at radius 3 is 2.48 bits per heavy atom. The Hall–Kier alpha value is -2.34. The number of amides is 1. The van der Waals surface area contributed by atoms with E-state index < -0.39 is 5.97 Å². The second-order valence-electron chi connectivity index (χ2n) is 4.47. The standard InChI is InChI=1S/C15H12BrNO4/c1-8-2-4-12(16)10(6-8)14(19)17-9-3-5-13(18)11(7-9)15(20)21/h2-7,18H,1H3,(H,17,19)(H,20,21). The lowest BCUT2D eigenvalue weighted by Gasteiger charge is -2.09. The number of carboxylic acid groups (broad SMARTS) is 1. The highest BCUT2D eigenvalue weighted by molar-refractivity contribution is 9.10. The Morgan fingerprint density at radius 1 is 1.10 bits per heavy atom. The molecule has 2 aromatic carbocycles. The van der Waals surface area contributed by atoms with Crippen molar-refractivity contribution in [1.29, 1.82) is 0 Å². The molecule has 0 aliphatic carbocycles. The third kappa shape index (κ3) is 3.41. The first-order valence-electron chi connectivity index (χ1n) is 6.02. The van der Waals surface area contributed by atoms with Crippen molar-refractivity contribution < 1.29 is 19.8 Å². The number of benzene rings is 2. The van der Waals surface area contributed by atoms with Crippen molar-refractivity contribution in [2.75, 3.05) is 5.32 Å². The van der Waals surface area contributed by atoms with Crippen LogP contribution in [-0.4, -0.2) is 22.1 Å². The molecule has 6 heteroatoms.